The first-order valence-corrected chi connectivity index (χ1v) is 6.24. The molecule has 2 aromatic carbocycles. The first kappa shape index (κ1) is 12.2. The second-order valence-electron chi connectivity index (χ2n) is 4.22. The molecule has 0 saturated heterocycles. The van der Waals surface area contributed by atoms with E-state index in [2.05, 4.69) is 9.97 Å². The van der Waals surface area contributed by atoms with Crippen molar-refractivity contribution in [2.45, 2.75) is 0 Å². The van der Waals surface area contributed by atoms with Gasteiger partial charge in [-0.3, -0.25) is 0 Å². The van der Waals surface area contributed by atoms with Crippen molar-refractivity contribution in [3.63, 3.8) is 0 Å². The summed E-state index contributed by atoms with van der Waals surface area (Å²) in [7, 11) is 0. The summed E-state index contributed by atoms with van der Waals surface area (Å²) in [5.74, 6) is 1.36. The highest BCUT2D eigenvalue weighted by Gasteiger charge is 2.07. The third-order valence-corrected chi connectivity index (χ3v) is 2.84. The highest BCUT2D eigenvalue weighted by atomic mass is 16.5. The molecule has 0 spiro atoms. The summed E-state index contributed by atoms with van der Waals surface area (Å²) in [5, 5.41) is 0. The monoisotopic (exact) mass is 263 g/mol. The summed E-state index contributed by atoms with van der Waals surface area (Å²) in [4.78, 5) is 7.90. The average molecular weight is 263 g/mol. The molecule has 0 unspecified atom stereocenters. The second kappa shape index (κ2) is 5.40. The Labute approximate surface area is 116 Å². The van der Waals surface area contributed by atoms with E-state index in [0.29, 0.717) is 5.88 Å². The summed E-state index contributed by atoms with van der Waals surface area (Å²) < 4.78 is 5.81. The van der Waals surface area contributed by atoms with Gasteiger partial charge in [-0.2, -0.15) is 4.98 Å². The Morgan fingerprint density at radius 2 is 1.60 bits per heavy atom. The predicted molar refractivity (Wildman–Crippen MR) is 78.4 cm³/mol. The lowest BCUT2D eigenvalue weighted by Crippen LogP contribution is -1.96. The van der Waals surface area contributed by atoms with Crippen LogP contribution in [0.25, 0.3) is 11.1 Å². The standard InChI is InChI=1S/C16H13N3O/c17-16-18-11-10-15(19-16)20-14-9-5-4-8-13(14)12-6-2-1-3-7-12/h1-11H,(H2,17,18,19). The van der Waals surface area contributed by atoms with Crippen LogP contribution in [-0.4, -0.2) is 9.97 Å². The number of hydrogen-bond acceptors (Lipinski definition) is 4. The molecule has 0 amide bonds. The molecule has 20 heavy (non-hydrogen) atoms. The normalized spacial score (nSPS) is 10.2. The van der Waals surface area contributed by atoms with Gasteiger partial charge in [0.15, 0.2) is 0 Å². The van der Waals surface area contributed by atoms with Gasteiger partial charge in [-0.25, -0.2) is 4.98 Å². The van der Waals surface area contributed by atoms with Crippen molar-refractivity contribution in [3.05, 3.63) is 66.9 Å². The van der Waals surface area contributed by atoms with Crippen LogP contribution in [0.1, 0.15) is 0 Å². The zero-order valence-corrected chi connectivity index (χ0v) is 10.7. The predicted octanol–water partition coefficient (Wildman–Crippen LogP) is 3.52. The molecule has 4 nitrogen and oxygen atoms in total. The van der Waals surface area contributed by atoms with Gasteiger partial charge in [0.1, 0.15) is 5.75 Å². The summed E-state index contributed by atoms with van der Waals surface area (Å²) in [6.45, 7) is 0. The summed E-state index contributed by atoms with van der Waals surface area (Å²) in [6, 6.07) is 19.5. The zero-order valence-electron chi connectivity index (χ0n) is 10.7. The molecular formula is C16H13N3O. The van der Waals surface area contributed by atoms with Gasteiger partial charge in [-0.1, -0.05) is 48.5 Å². The van der Waals surface area contributed by atoms with Crippen LogP contribution >= 0.6 is 0 Å². The number of nitrogen functional groups attached to an aromatic ring is 1. The number of nitrogens with zero attached hydrogens (tertiary/aromatic N) is 2. The molecule has 2 N–H and O–H groups in total. The quantitative estimate of drug-likeness (QED) is 0.785. The molecule has 0 fully saturated rings. The molecule has 0 atom stereocenters. The number of aromatic nitrogens is 2. The number of ether oxygens (including phenoxy) is 1. The Balaban J connectivity index is 1.99. The SMILES string of the molecule is Nc1nccc(Oc2ccccc2-c2ccccc2)n1. The van der Waals surface area contributed by atoms with Crippen LogP contribution in [0, 0.1) is 0 Å². The lowest BCUT2D eigenvalue weighted by molar-refractivity contribution is 0.464. The number of anilines is 1. The van der Waals surface area contributed by atoms with Gasteiger partial charge in [0, 0.05) is 17.8 Å². The Hall–Kier alpha value is -2.88. The fraction of sp³-hybridized carbons (Fsp3) is 0. The minimum atomic E-state index is 0.194. The fourth-order valence-corrected chi connectivity index (χ4v) is 1.94. The molecule has 3 aromatic rings. The second-order valence-corrected chi connectivity index (χ2v) is 4.22. The Morgan fingerprint density at radius 1 is 0.850 bits per heavy atom. The van der Waals surface area contributed by atoms with Crippen LogP contribution in [-0.2, 0) is 0 Å². The highest BCUT2D eigenvalue weighted by Crippen LogP contribution is 2.32. The average Bonchev–Trinajstić information content (AvgIpc) is 2.49. The maximum absolute atomic E-state index is 5.81. The van der Waals surface area contributed by atoms with Crippen LogP contribution in [0.4, 0.5) is 5.95 Å². The van der Waals surface area contributed by atoms with Gasteiger partial charge in [0.2, 0.25) is 11.8 Å². The topological polar surface area (TPSA) is 61.0 Å². The molecule has 3 rings (SSSR count). The van der Waals surface area contributed by atoms with E-state index in [9.17, 15) is 0 Å². The van der Waals surface area contributed by atoms with Crippen molar-refractivity contribution in [3.8, 4) is 22.8 Å². The third kappa shape index (κ3) is 2.59. The highest BCUT2D eigenvalue weighted by molar-refractivity contribution is 5.70. The molecule has 1 heterocycles. The molecule has 4 heteroatoms. The minimum absolute atomic E-state index is 0.194. The van der Waals surface area contributed by atoms with Crippen molar-refractivity contribution < 1.29 is 4.74 Å². The number of benzene rings is 2. The van der Waals surface area contributed by atoms with E-state index in [1.807, 2.05) is 54.6 Å². The van der Waals surface area contributed by atoms with E-state index in [1.165, 1.54) is 0 Å². The fourth-order valence-electron chi connectivity index (χ4n) is 1.94. The van der Waals surface area contributed by atoms with Gasteiger partial charge < -0.3 is 10.5 Å². The van der Waals surface area contributed by atoms with Crippen molar-refractivity contribution in [1.82, 2.24) is 9.97 Å². The Kier molecular flexibility index (Phi) is 3.29. The molecule has 0 bridgehead atoms. The van der Waals surface area contributed by atoms with Gasteiger partial charge in [0.05, 0.1) is 0 Å². The molecule has 1 aromatic heterocycles. The van der Waals surface area contributed by atoms with Crippen LogP contribution in [0.15, 0.2) is 66.9 Å². The van der Waals surface area contributed by atoms with Gasteiger partial charge >= 0.3 is 0 Å². The molecular weight excluding hydrogens is 250 g/mol. The maximum Gasteiger partial charge on any atom is 0.224 e. The number of nitrogens with two attached hydrogens (primary N) is 1. The Morgan fingerprint density at radius 3 is 2.40 bits per heavy atom. The molecule has 98 valence electrons. The van der Waals surface area contributed by atoms with Crippen molar-refractivity contribution >= 4 is 5.95 Å². The Bertz CT molecular complexity index is 714. The molecule has 0 saturated carbocycles. The van der Waals surface area contributed by atoms with Gasteiger partial charge in [0.25, 0.3) is 0 Å². The van der Waals surface area contributed by atoms with Crippen molar-refractivity contribution in [1.29, 1.82) is 0 Å². The number of para-hydroxylation sites is 1. The molecule has 0 aliphatic heterocycles. The van der Waals surface area contributed by atoms with Crippen LogP contribution in [0.3, 0.4) is 0 Å². The molecule has 0 radical (unpaired) electrons. The van der Waals surface area contributed by atoms with Crippen molar-refractivity contribution in [2.24, 2.45) is 0 Å². The molecule has 0 aliphatic rings. The van der Waals surface area contributed by atoms with E-state index >= 15 is 0 Å². The van der Waals surface area contributed by atoms with Gasteiger partial charge in [-0.15, -0.1) is 0 Å². The van der Waals surface area contributed by atoms with Crippen LogP contribution < -0.4 is 10.5 Å². The van der Waals surface area contributed by atoms with E-state index in [0.717, 1.165) is 16.9 Å². The van der Waals surface area contributed by atoms with Crippen molar-refractivity contribution in [2.75, 3.05) is 5.73 Å². The summed E-state index contributed by atoms with van der Waals surface area (Å²) in [6.07, 6.45) is 1.57. The third-order valence-electron chi connectivity index (χ3n) is 2.84. The lowest BCUT2D eigenvalue weighted by Gasteiger charge is -2.10. The zero-order chi connectivity index (χ0) is 13.8. The first-order valence-electron chi connectivity index (χ1n) is 6.24. The smallest absolute Gasteiger partial charge is 0.224 e. The minimum Gasteiger partial charge on any atom is -0.438 e. The van der Waals surface area contributed by atoms with Crippen LogP contribution in [0.2, 0.25) is 0 Å². The number of hydrogen-bond donors (Lipinski definition) is 1. The van der Waals surface area contributed by atoms with E-state index < -0.39 is 0 Å². The van der Waals surface area contributed by atoms with Gasteiger partial charge in [-0.05, 0) is 11.6 Å². The first-order chi connectivity index (χ1) is 9.83. The lowest BCUT2D eigenvalue weighted by atomic mass is 10.1. The molecule has 0 aliphatic carbocycles. The van der Waals surface area contributed by atoms with E-state index in [-0.39, 0.29) is 5.95 Å². The van der Waals surface area contributed by atoms with E-state index in [1.54, 1.807) is 12.3 Å². The summed E-state index contributed by atoms with van der Waals surface area (Å²) in [5.41, 5.74) is 7.65. The largest absolute Gasteiger partial charge is 0.438 e. The summed E-state index contributed by atoms with van der Waals surface area (Å²) >= 11 is 0. The maximum atomic E-state index is 5.81. The van der Waals surface area contributed by atoms with Crippen LogP contribution in [0.5, 0.6) is 11.6 Å². The van der Waals surface area contributed by atoms with E-state index in [4.69, 9.17) is 10.5 Å². The number of rotatable bonds is 3.